The third kappa shape index (κ3) is 6.52. The van der Waals surface area contributed by atoms with Crippen LogP contribution in [-0.4, -0.2) is 30.1 Å². The lowest BCUT2D eigenvalue weighted by Gasteiger charge is -2.06. The number of carbonyl (C=O) groups excluding carboxylic acids is 1. The van der Waals surface area contributed by atoms with Crippen molar-refractivity contribution in [3.63, 3.8) is 0 Å². The molecule has 0 saturated heterocycles. The molecule has 0 aliphatic heterocycles. The number of carboxylic acid groups (broad SMARTS) is 1. The van der Waals surface area contributed by atoms with E-state index >= 15 is 0 Å². The van der Waals surface area contributed by atoms with E-state index < -0.39 is 5.97 Å². The van der Waals surface area contributed by atoms with Crippen molar-refractivity contribution in [1.82, 2.24) is 5.32 Å². The van der Waals surface area contributed by atoms with E-state index in [0.717, 1.165) is 5.75 Å². The average Bonchev–Trinajstić information content (AvgIpc) is 2.35. The molecule has 1 amide bonds. The molecule has 0 heterocycles. The molecule has 1 aromatic rings. The highest BCUT2D eigenvalue weighted by molar-refractivity contribution is 5.76. The molecule has 0 bridgehead atoms. The Hall–Kier alpha value is -2.04. The summed E-state index contributed by atoms with van der Waals surface area (Å²) >= 11 is 0. The van der Waals surface area contributed by atoms with Crippen molar-refractivity contribution in [2.24, 2.45) is 0 Å². The van der Waals surface area contributed by atoms with Gasteiger partial charge in [0.25, 0.3) is 0 Å². The van der Waals surface area contributed by atoms with Gasteiger partial charge in [0, 0.05) is 13.0 Å². The summed E-state index contributed by atoms with van der Waals surface area (Å²) in [5, 5.41) is 10.9. The lowest BCUT2D eigenvalue weighted by atomic mass is 10.3. The van der Waals surface area contributed by atoms with Crippen LogP contribution in [0.1, 0.15) is 19.3 Å². The van der Waals surface area contributed by atoms with Crippen LogP contribution in [0.4, 0.5) is 0 Å². The number of hydrogen-bond donors (Lipinski definition) is 2. The molecule has 1 aromatic carbocycles. The number of carboxylic acids is 1. The molecule has 5 heteroatoms. The second kappa shape index (κ2) is 8.11. The maximum Gasteiger partial charge on any atom is 0.305 e. The summed E-state index contributed by atoms with van der Waals surface area (Å²) < 4.78 is 5.42. The summed E-state index contributed by atoms with van der Waals surface area (Å²) in [5.74, 6) is -0.278. The van der Waals surface area contributed by atoms with Gasteiger partial charge in [0.1, 0.15) is 5.75 Å². The topological polar surface area (TPSA) is 75.6 Å². The number of para-hydroxylation sites is 1. The van der Waals surface area contributed by atoms with E-state index in [1.807, 2.05) is 30.3 Å². The summed E-state index contributed by atoms with van der Waals surface area (Å²) in [6.07, 6.45) is 0.895. The molecule has 0 fully saturated rings. The summed E-state index contributed by atoms with van der Waals surface area (Å²) in [4.78, 5) is 21.5. The minimum atomic E-state index is -0.914. The Bertz CT molecular complexity index is 378. The molecular weight excluding hydrogens is 234 g/mol. The number of nitrogens with one attached hydrogen (secondary N) is 1. The fourth-order valence-electron chi connectivity index (χ4n) is 1.34. The van der Waals surface area contributed by atoms with Gasteiger partial charge < -0.3 is 15.2 Å². The van der Waals surface area contributed by atoms with Gasteiger partial charge in [-0.1, -0.05) is 18.2 Å². The quantitative estimate of drug-likeness (QED) is 0.685. The van der Waals surface area contributed by atoms with Crippen molar-refractivity contribution in [3.05, 3.63) is 30.3 Å². The van der Waals surface area contributed by atoms with E-state index in [0.29, 0.717) is 19.4 Å². The molecule has 0 spiro atoms. The van der Waals surface area contributed by atoms with E-state index in [-0.39, 0.29) is 18.9 Å². The highest BCUT2D eigenvalue weighted by Crippen LogP contribution is 2.08. The van der Waals surface area contributed by atoms with E-state index in [4.69, 9.17) is 9.84 Å². The van der Waals surface area contributed by atoms with Crippen molar-refractivity contribution in [2.45, 2.75) is 19.3 Å². The van der Waals surface area contributed by atoms with E-state index in [9.17, 15) is 9.59 Å². The van der Waals surface area contributed by atoms with Gasteiger partial charge in [0.05, 0.1) is 13.0 Å². The van der Waals surface area contributed by atoms with Crippen molar-refractivity contribution in [2.75, 3.05) is 13.2 Å². The molecule has 98 valence electrons. The summed E-state index contributed by atoms with van der Waals surface area (Å²) in [5.41, 5.74) is 0. The first-order valence-corrected chi connectivity index (χ1v) is 5.85. The summed E-state index contributed by atoms with van der Waals surface area (Å²) in [6.45, 7) is 0.643. The van der Waals surface area contributed by atoms with Crippen LogP contribution in [0.3, 0.4) is 0 Å². The van der Waals surface area contributed by atoms with Crippen molar-refractivity contribution >= 4 is 11.9 Å². The molecule has 0 radical (unpaired) electrons. The van der Waals surface area contributed by atoms with Crippen molar-refractivity contribution in [1.29, 1.82) is 0 Å². The second-order valence-corrected chi connectivity index (χ2v) is 3.76. The van der Waals surface area contributed by atoms with Crippen molar-refractivity contribution in [3.8, 4) is 5.75 Å². The van der Waals surface area contributed by atoms with Crippen molar-refractivity contribution < 1.29 is 19.4 Å². The third-order valence-corrected chi connectivity index (χ3v) is 2.22. The molecule has 0 aromatic heterocycles. The Labute approximate surface area is 106 Å². The van der Waals surface area contributed by atoms with Crippen LogP contribution in [0, 0.1) is 0 Å². The molecule has 0 aliphatic carbocycles. The van der Waals surface area contributed by atoms with Crippen LogP contribution in [0.2, 0.25) is 0 Å². The zero-order valence-corrected chi connectivity index (χ0v) is 10.1. The molecular formula is C13H17NO4. The first kappa shape index (κ1) is 14.0. The van der Waals surface area contributed by atoms with E-state index in [2.05, 4.69) is 5.32 Å². The predicted molar refractivity (Wildman–Crippen MR) is 66.4 cm³/mol. The monoisotopic (exact) mass is 251 g/mol. The SMILES string of the molecule is O=C(O)CCNC(=O)CCCOc1ccccc1. The minimum Gasteiger partial charge on any atom is -0.494 e. The summed E-state index contributed by atoms with van der Waals surface area (Å²) in [6, 6.07) is 9.38. The predicted octanol–water partition coefficient (Wildman–Crippen LogP) is 1.44. The second-order valence-electron chi connectivity index (χ2n) is 3.76. The lowest BCUT2D eigenvalue weighted by molar-refractivity contribution is -0.136. The van der Waals surface area contributed by atoms with Gasteiger partial charge in [0.2, 0.25) is 5.91 Å². The maximum atomic E-state index is 11.3. The fraction of sp³-hybridized carbons (Fsp3) is 0.385. The first-order chi connectivity index (χ1) is 8.68. The number of aliphatic carboxylic acids is 1. The number of ether oxygens (including phenoxy) is 1. The van der Waals surface area contributed by atoms with E-state index in [1.165, 1.54) is 0 Å². The average molecular weight is 251 g/mol. The van der Waals surface area contributed by atoms with Gasteiger partial charge in [-0.2, -0.15) is 0 Å². The van der Waals surface area contributed by atoms with Crippen LogP contribution in [0.25, 0.3) is 0 Å². The Morgan fingerprint density at radius 2 is 1.89 bits per heavy atom. The Morgan fingerprint density at radius 1 is 1.17 bits per heavy atom. The number of rotatable bonds is 8. The number of benzene rings is 1. The Kier molecular flexibility index (Phi) is 6.32. The van der Waals surface area contributed by atoms with Gasteiger partial charge in [-0.25, -0.2) is 0 Å². The zero-order valence-electron chi connectivity index (χ0n) is 10.1. The van der Waals surface area contributed by atoms with Crippen LogP contribution in [-0.2, 0) is 9.59 Å². The zero-order chi connectivity index (χ0) is 13.2. The minimum absolute atomic E-state index is 0.0493. The van der Waals surface area contributed by atoms with Crippen LogP contribution < -0.4 is 10.1 Å². The number of hydrogen-bond acceptors (Lipinski definition) is 3. The van der Waals surface area contributed by atoms with Gasteiger partial charge in [-0.3, -0.25) is 9.59 Å². The smallest absolute Gasteiger partial charge is 0.305 e. The standard InChI is InChI=1S/C13H17NO4/c15-12(14-9-8-13(16)17)7-4-10-18-11-5-2-1-3-6-11/h1-3,5-6H,4,7-10H2,(H,14,15)(H,16,17). The van der Waals surface area contributed by atoms with Gasteiger partial charge in [-0.05, 0) is 18.6 Å². The van der Waals surface area contributed by atoms with Gasteiger partial charge in [0.15, 0.2) is 0 Å². The van der Waals surface area contributed by atoms with Crippen LogP contribution >= 0.6 is 0 Å². The normalized spacial score (nSPS) is 9.78. The molecule has 5 nitrogen and oxygen atoms in total. The van der Waals surface area contributed by atoms with E-state index in [1.54, 1.807) is 0 Å². The number of carbonyl (C=O) groups is 2. The highest BCUT2D eigenvalue weighted by Gasteiger charge is 2.02. The first-order valence-electron chi connectivity index (χ1n) is 5.85. The lowest BCUT2D eigenvalue weighted by Crippen LogP contribution is -2.26. The number of amides is 1. The summed E-state index contributed by atoms with van der Waals surface area (Å²) in [7, 11) is 0. The molecule has 1 rings (SSSR count). The largest absolute Gasteiger partial charge is 0.494 e. The Balaban J connectivity index is 2.04. The fourth-order valence-corrected chi connectivity index (χ4v) is 1.34. The molecule has 0 saturated carbocycles. The van der Waals surface area contributed by atoms with Gasteiger partial charge >= 0.3 is 5.97 Å². The van der Waals surface area contributed by atoms with Crippen LogP contribution in [0.15, 0.2) is 30.3 Å². The molecule has 0 atom stereocenters. The molecule has 2 N–H and O–H groups in total. The van der Waals surface area contributed by atoms with Gasteiger partial charge in [-0.15, -0.1) is 0 Å². The maximum absolute atomic E-state index is 11.3. The molecule has 18 heavy (non-hydrogen) atoms. The van der Waals surface area contributed by atoms with Crippen LogP contribution in [0.5, 0.6) is 5.75 Å². The third-order valence-electron chi connectivity index (χ3n) is 2.22. The molecule has 0 unspecified atom stereocenters. The molecule has 0 aliphatic rings. The highest BCUT2D eigenvalue weighted by atomic mass is 16.5. The Morgan fingerprint density at radius 3 is 2.56 bits per heavy atom.